The maximum Gasteiger partial charge on any atom is 0.265 e. The monoisotopic (exact) mass is 321 g/mol. The number of aromatic nitrogens is 4. The van der Waals surface area contributed by atoms with Crippen molar-refractivity contribution in [1.82, 2.24) is 20.2 Å². The fourth-order valence-electron chi connectivity index (χ4n) is 2.76. The highest BCUT2D eigenvalue weighted by Crippen LogP contribution is 2.29. The highest BCUT2D eigenvalue weighted by Gasteiger charge is 2.28. The number of amides is 1. The van der Waals surface area contributed by atoms with E-state index in [0.717, 1.165) is 16.9 Å². The highest BCUT2D eigenvalue weighted by molar-refractivity contribution is 5.95. The molecule has 3 aromatic rings. The molecule has 1 N–H and O–H groups in total. The van der Waals surface area contributed by atoms with Crippen LogP contribution < -0.4 is 10.1 Å². The van der Waals surface area contributed by atoms with Crippen molar-refractivity contribution in [2.24, 2.45) is 7.05 Å². The summed E-state index contributed by atoms with van der Waals surface area (Å²) in [6.07, 6.45) is 0.0668. The lowest BCUT2D eigenvalue weighted by Crippen LogP contribution is -2.31. The number of para-hydroxylation sites is 1. The third-order valence-electron chi connectivity index (χ3n) is 3.95. The lowest BCUT2D eigenvalue weighted by atomic mass is 10.1. The Hall–Kier alpha value is -3.22. The first kappa shape index (κ1) is 14.4. The van der Waals surface area contributed by atoms with Gasteiger partial charge in [-0.15, -0.1) is 5.10 Å². The lowest BCUT2D eigenvalue weighted by Gasteiger charge is -2.12. The Morgan fingerprint density at radius 3 is 2.92 bits per heavy atom. The van der Waals surface area contributed by atoms with Crippen molar-refractivity contribution < 1.29 is 9.53 Å². The van der Waals surface area contributed by atoms with E-state index >= 15 is 0 Å². The first-order valence-electron chi connectivity index (χ1n) is 7.59. The number of hydrogen-bond acceptors (Lipinski definition) is 5. The molecule has 1 atom stereocenters. The first-order chi connectivity index (χ1) is 11.7. The molecule has 1 amide bonds. The fourth-order valence-corrected chi connectivity index (χ4v) is 2.76. The quantitative estimate of drug-likeness (QED) is 0.796. The van der Waals surface area contributed by atoms with Crippen LogP contribution >= 0.6 is 0 Å². The molecule has 4 rings (SSSR count). The average molecular weight is 321 g/mol. The van der Waals surface area contributed by atoms with Crippen LogP contribution in [0.25, 0.3) is 11.4 Å². The first-order valence-corrected chi connectivity index (χ1v) is 7.59. The summed E-state index contributed by atoms with van der Waals surface area (Å²) in [5.74, 6) is 1.24. The number of nitrogens with one attached hydrogen (secondary N) is 1. The van der Waals surface area contributed by atoms with Crippen LogP contribution in [0.1, 0.15) is 5.56 Å². The van der Waals surface area contributed by atoms with Crippen LogP contribution in [-0.4, -0.2) is 32.2 Å². The van der Waals surface area contributed by atoms with E-state index in [-0.39, 0.29) is 5.91 Å². The predicted molar refractivity (Wildman–Crippen MR) is 87.4 cm³/mol. The number of aryl methyl sites for hydroxylation is 1. The molecule has 0 aliphatic carbocycles. The molecule has 0 bridgehead atoms. The van der Waals surface area contributed by atoms with Crippen LogP contribution in [0.2, 0.25) is 0 Å². The average Bonchev–Trinajstić information content (AvgIpc) is 3.21. The van der Waals surface area contributed by atoms with Gasteiger partial charge in [0.2, 0.25) is 0 Å². The molecule has 1 aliphatic heterocycles. The van der Waals surface area contributed by atoms with E-state index in [9.17, 15) is 4.79 Å². The summed E-state index contributed by atoms with van der Waals surface area (Å²) in [7, 11) is 1.77. The molecule has 7 heteroatoms. The minimum Gasteiger partial charge on any atom is -0.480 e. The number of nitrogens with zero attached hydrogens (tertiary/aromatic N) is 4. The molecule has 0 saturated heterocycles. The molecule has 0 radical (unpaired) electrons. The third kappa shape index (κ3) is 2.60. The number of rotatable bonds is 3. The number of hydrogen-bond donors (Lipinski definition) is 1. The number of carbonyl (C=O) groups excluding carboxylic acids is 1. The zero-order valence-corrected chi connectivity index (χ0v) is 13.0. The van der Waals surface area contributed by atoms with Crippen molar-refractivity contribution in [2.45, 2.75) is 12.5 Å². The summed E-state index contributed by atoms with van der Waals surface area (Å²) in [5, 5.41) is 14.3. The van der Waals surface area contributed by atoms with E-state index in [2.05, 4.69) is 20.8 Å². The van der Waals surface area contributed by atoms with Crippen LogP contribution in [0.5, 0.6) is 5.75 Å². The topological polar surface area (TPSA) is 81.9 Å². The Morgan fingerprint density at radius 2 is 2.12 bits per heavy atom. The van der Waals surface area contributed by atoms with Gasteiger partial charge in [0.05, 0.1) is 0 Å². The summed E-state index contributed by atoms with van der Waals surface area (Å²) in [4.78, 5) is 12.5. The van der Waals surface area contributed by atoms with Crippen LogP contribution in [0.3, 0.4) is 0 Å². The normalized spacial score (nSPS) is 15.6. The Morgan fingerprint density at radius 1 is 1.25 bits per heavy atom. The van der Waals surface area contributed by atoms with Gasteiger partial charge >= 0.3 is 0 Å². The van der Waals surface area contributed by atoms with E-state index in [4.69, 9.17) is 4.74 Å². The Bertz CT molecular complexity index is 880. The van der Waals surface area contributed by atoms with Gasteiger partial charge in [0.25, 0.3) is 5.91 Å². The number of anilines is 1. The number of ether oxygens (including phenoxy) is 1. The van der Waals surface area contributed by atoms with Gasteiger partial charge in [0.15, 0.2) is 11.9 Å². The maximum absolute atomic E-state index is 12.5. The van der Waals surface area contributed by atoms with E-state index < -0.39 is 6.10 Å². The molecule has 2 heterocycles. The molecule has 7 nitrogen and oxygen atoms in total. The Kier molecular flexibility index (Phi) is 3.45. The fraction of sp³-hybridized carbons (Fsp3) is 0.176. The van der Waals surface area contributed by atoms with Gasteiger partial charge in [-0.25, -0.2) is 4.68 Å². The molecular weight excluding hydrogens is 306 g/mol. The second kappa shape index (κ2) is 5.77. The van der Waals surface area contributed by atoms with Crippen LogP contribution in [-0.2, 0) is 18.3 Å². The highest BCUT2D eigenvalue weighted by atomic mass is 16.5. The second-order valence-corrected chi connectivity index (χ2v) is 5.61. The molecule has 1 aromatic heterocycles. The van der Waals surface area contributed by atoms with E-state index in [1.807, 2.05) is 48.5 Å². The molecular formula is C17H15N5O2. The van der Waals surface area contributed by atoms with Gasteiger partial charge in [-0.1, -0.05) is 30.3 Å². The minimum absolute atomic E-state index is 0.167. The Balaban J connectivity index is 1.50. The lowest BCUT2D eigenvalue weighted by molar-refractivity contribution is -0.122. The summed E-state index contributed by atoms with van der Waals surface area (Å²) in [6.45, 7) is 0. The molecule has 2 aromatic carbocycles. The molecule has 1 unspecified atom stereocenters. The zero-order chi connectivity index (χ0) is 16.5. The van der Waals surface area contributed by atoms with Crippen LogP contribution in [0.4, 0.5) is 5.69 Å². The van der Waals surface area contributed by atoms with Crippen LogP contribution in [0, 0.1) is 0 Å². The third-order valence-corrected chi connectivity index (χ3v) is 3.95. The van der Waals surface area contributed by atoms with Gasteiger partial charge < -0.3 is 10.1 Å². The van der Waals surface area contributed by atoms with Gasteiger partial charge in [0, 0.05) is 24.7 Å². The largest absolute Gasteiger partial charge is 0.480 e. The van der Waals surface area contributed by atoms with Crippen molar-refractivity contribution in [3.05, 3.63) is 54.1 Å². The van der Waals surface area contributed by atoms with Gasteiger partial charge in [-0.05, 0) is 34.2 Å². The van der Waals surface area contributed by atoms with E-state index in [0.29, 0.717) is 17.9 Å². The molecule has 0 saturated carbocycles. The van der Waals surface area contributed by atoms with Crippen molar-refractivity contribution >= 4 is 11.6 Å². The number of fused-ring (bicyclic) bond motifs is 1. The van der Waals surface area contributed by atoms with Gasteiger partial charge in [-0.2, -0.15) is 0 Å². The van der Waals surface area contributed by atoms with E-state index in [1.165, 1.54) is 0 Å². The summed E-state index contributed by atoms with van der Waals surface area (Å²) in [5.41, 5.74) is 2.56. The molecule has 24 heavy (non-hydrogen) atoms. The summed E-state index contributed by atoms with van der Waals surface area (Å²) >= 11 is 0. The SMILES string of the molecule is Cn1nnnc1-c1cccc(NC(=O)C2Cc3ccccc3O2)c1. The number of carbonyl (C=O) groups is 1. The van der Waals surface area contributed by atoms with Crippen molar-refractivity contribution in [1.29, 1.82) is 0 Å². The second-order valence-electron chi connectivity index (χ2n) is 5.61. The molecule has 1 aliphatic rings. The number of tetrazole rings is 1. The van der Waals surface area contributed by atoms with Crippen molar-refractivity contribution in [3.8, 4) is 17.1 Å². The minimum atomic E-state index is -0.512. The zero-order valence-electron chi connectivity index (χ0n) is 13.0. The molecule has 0 spiro atoms. The summed E-state index contributed by atoms with van der Waals surface area (Å²) < 4.78 is 7.30. The Labute approximate surface area is 138 Å². The predicted octanol–water partition coefficient (Wildman–Crippen LogP) is 1.82. The van der Waals surface area contributed by atoms with Crippen molar-refractivity contribution in [2.75, 3.05) is 5.32 Å². The van der Waals surface area contributed by atoms with Gasteiger partial charge in [-0.3, -0.25) is 4.79 Å². The van der Waals surface area contributed by atoms with Crippen LogP contribution in [0.15, 0.2) is 48.5 Å². The van der Waals surface area contributed by atoms with Crippen molar-refractivity contribution in [3.63, 3.8) is 0 Å². The maximum atomic E-state index is 12.5. The standard InChI is InChI=1S/C17H15N5O2/c1-22-16(19-20-21-22)12-6-4-7-13(9-12)18-17(23)15-10-11-5-2-3-8-14(11)24-15/h2-9,15H,10H2,1H3,(H,18,23). The number of benzene rings is 2. The van der Waals surface area contributed by atoms with Gasteiger partial charge in [0.1, 0.15) is 5.75 Å². The molecule has 0 fully saturated rings. The summed E-state index contributed by atoms with van der Waals surface area (Å²) in [6, 6.07) is 15.1. The smallest absolute Gasteiger partial charge is 0.265 e. The van der Waals surface area contributed by atoms with E-state index in [1.54, 1.807) is 11.7 Å². The molecule has 120 valence electrons.